The SMILES string of the molecule is CN(C)CCNc1c2ccccc2nc2c([N+](=O)[O-])cccc12. The van der Waals surface area contributed by atoms with E-state index in [1.807, 2.05) is 44.4 Å². The second kappa shape index (κ2) is 6.18. The van der Waals surface area contributed by atoms with Crippen LogP contribution in [0.5, 0.6) is 0 Å². The molecule has 0 aliphatic heterocycles. The van der Waals surface area contributed by atoms with E-state index >= 15 is 0 Å². The standard InChI is InChI=1S/C17H18N4O2/c1-20(2)11-10-18-16-12-6-3-4-8-14(12)19-17-13(16)7-5-9-15(17)21(22)23/h3-9H,10-11H2,1-2H3,(H,18,19). The van der Waals surface area contributed by atoms with Crippen molar-refractivity contribution in [1.82, 2.24) is 9.88 Å². The zero-order valence-corrected chi connectivity index (χ0v) is 13.1. The molecule has 6 heteroatoms. The van der Waals surface area contributed by atoms with Crippen LogP contribution in [-0.2, 0) is 0 Å². The number of pyridine rings is 1. The first-order valence-electron chi connectivity index (χ1n) is 7.42. The monoisotopic (exact) mass is 310 g/mol. The second-order valence-corrected chi connectivity index (χ2v) is 5.66. The number of benzene rings is 2. The largest absolute Gasteiger partial charge is 0.383 e. The number of rotatable bonds is 5. The van der Waals surface area contributed by atoms with Crippen LogP contribution in [0.3, 0.4) is 0 Å². The number of non-ortho nitro benzene ring substituents is 1. The number of fused-ring (bicyclic) bond motifs is 2. The molecule has 3 rings (SSSR count). The van der Waals surface area contributed by atoms with Gasteiger partial charge in [-0.25, -0.2) is 4.98 Å². The van der Waals surface area contributed by atoms with Crippen LogP contribution in [0.15, 0.2) is 42.5 Å². The maximum Gasteiger partial charge on any atom is 0.295 e. The molecule has 1 heterocycles. The van der Waals surface area contributed by atoms with Crippen LogP contribution in [-0.4, -0.2) is 42.0 Å². The molecule has 1 aromatic heterocycles. The molecule has 2 aromatic carbocycles. The van der Waals surface area contributed by atoms with E-state index in [-0.39, 0.29) is 10.6 Å². The highest BCUT2D eigenvalue weighted by molar-refractivity contribution is 6.09. The van der Waals surface area contributed by atoms with Gasteiger partial charge in [0.25, 0.3) is 5.69 Å². The Labute approximate surface area is 133 Å². The maximum atomic E-state index is 11.3. The molecule has 23 heavy (non-hydrogen) atoms. The highest BCUT2D eigenvalue weighted by Crippen LogP contribution is 2.34. The summed E-state index contributed by atoms with van der Waals surface area (Å²) in [6, 6.07) is 12.8. The summed E-state index contributed by atoms with van der Waals surface area (Å²) < 4.78 is 0. The third-order valence-electron chi connectivity index (χ3n) is 3.75. The quantitative estimate of drug-likeness (QED) is 0.445. The van der Waals surface area contributed by atoms with Crippen molar-refractivity contribution in [3.8, 4) is 0 Å². The van der Waals surface area contributed by atoms with Crippen molar-refractivity contribution >= 4 is 33.2 Å². The number of nitrogens with one attached hydrogen (secondary N) is 1. The predicted octanol–water partition coefficient (Wildman–Crippen LogP) is 3.27. The fourth-order valence-corrected chi connectivity index (χ4v) is 2.64. The Hall–Kier alpha value is -2.73. The van der Waals surface area contributed by atoms with Gasteiger partial charge in [0.15, 0.2) is 5.52 Å². The number of hydrogen-bond acceptors (Lipinski definition) is 5. The van der Waals surface area contributed by atoms with E-state index in [0.717, 1.165) is 35.1 Å². The molecule has 0 amide bonds. The Morgan fingerprint density at radius 2 is 1.87 bits per heavy atom. The number of anilines is 1. The zero-order valence-electron chi connectivity index (χ0n) is 13.1. The number of aromatic nitrogens is 1. The molecule has 0 atom stereocenters. The van der Waals surface area contributed by atoms with Gasteiger partial charge in [0.1, 0.15) is 0 Å². The van der Waals surface area contributed by atoms with Gasteiger partial charge in [-0.05, 0) is 20.2 Å². The van der Waals surface area contributed by atoms with Crippen LogP contribution in [0.1, 0.15) is 0 Å². The molecule has 6 nitrogen and oxygen atoms in total. The molecule has 3 aromatic rings. The highest BCUT2D eigenvalue weighted by atomic mass is 16.6. The molecule has 0 spiro atoms. The number of nitrogens with zero attached hydrogens (tertiary/aromatic N) is 3. The molecular formula is C17H18N4O2. The van der Waals surface area contributed by atoms with E-state index in [1.54, 1.807) is 6.07 Å². The third kappa shape index (κ3) is 2.93. The maximum absolute atomic E-state index is 11.3. The summed E-state index contributed by atoms with van der Waals surface area (Å²) in [5.74, 6) is 0. The van der Waals surface area contributed by atoms with E-state index in [9.17, 15) is 10.1 Å². The molecule has 0 aliphatic carbocycles. The van der Waals surface area contributed by atoms with Crippen LogP contribution in [0.25, 0.3) is 21.8 Å². The number of para-hydroxylation sites is 2. The van der Waals surface area contributed by atoms with Gasteiger partial charge in [0, 0.05) is 29.9 Å². The minimum Gasteiger partial charge on any atom is -0.383 e. The van der Waals surface area contributed by atoms with Crippen molar-refractivity contribution in [1.29, 1.82) is 0 Å². The molecule has 0 radical (unpaired) electrons. The first-order chi connectivity index (χ1) is 11.1. The van der Waals surface area contributed by atoms with Gasteiger partial charge >= 0.3 is 0 Å². The van der Waals surface area contributed by atoms with Gasteiger partial charge in [-0.1, -0.05) is 30.3 Å². The van der Waals surface area contributed by atoms with Gasteiger partial charge in [0.05, 0.1) is 16.1 Å². The number of nitro groups is 1. The topological polar surface area (TPSA) is 71.3 Å². The fourth-order valence-electron chi connectivity index (χ4n) is 2.64. The van der Waals surface area contributed by atoms with E-state index in [2.05, 4.69) is 15.2 Å². The van der Waals surface area contributed by atoms with Crippen molar-refractivity contribution in [2.75, 3.05) is 32.5 Å². The molecule has 0 saturated heterocycles. The lowest BCUT2D eigenvalue weighted by Gasteiger charge is -2.15. The van der Waals surface area contributed by atoms with Crippen molar-refractivity contribution in [3.05, 3.63) is 52.6 Å². The summed E-state index contributed by atoms with van der Waals surface area (Å²) >= 11 is 0. The lowest BCUT2D eigenvalue weighted by Crippen LogP contribution is -2.21. The van der Waals surface area contributed by atoms with Gasteiger partial charge < -0.3 is 10.2 Å². The fraction of sp³-hybridized carbons (Fsp3) is 0.235. The van der Waals surface area contributed by atoms with Crippen LogP contribution in [0.2, 0.25) is 0 Å². The van der Waals surface area contributed by atoms with Crippen molar-refractivity contribution in [3.63, 3.8) is 0 Å². The third-order valence-corrected chi connectivity index (χ3v) is 3.75. The Morgan fingerprint density at radius 3 is 2.61 bits per heavy atom. The minimum atomic E-state index is -0.381. The average molecular weight is 310 g/mol. The van der Waals surface area contributed by atoms with Crippen molar-refractivity contribution < 1.29 is 4.92 Å². The van der Waals surface area contributed by atoms with Crippen LogP contribution in [0.4, 0.5) is 11.4 Å². The smallest absolute Gasteiger partial charge is 0.295 e. The Morgan fingerprint density at radius 1 is 1.13 bits per heavy atom. The highest BCUT2D eigenvalue weighted by Gasteiger charge is 2.17. The lowest BCUT2D eigenvalue weighted by molar-refractivity contribution is -0.383. The van der Waals surface area contributed by atoms with Gasteiger partial charge in [-0.15, -0.1) is 0 Å². The van der Waals surface area contributed by atoms with Gasteiger partial charge in [-0.2, -0.15) is 0 Å². The van der Waals surface area contributed by atoms with E-state index in [4.69, 9.17) is 0 Å². The van der Waals surface area contributed by atoms with Crippen molar-refractivity contribution in [2.45, 2.75) is 0 Å². The Balaban J connectivity index is 2.23. The first-order valence-corrected chi connectivity index (χ1v) is 7.42. The summed E-state index contributed by atoms with van der Waals surface area (Å²) in [6.07, 6.45) is 0. The summed E-state index contributed by atoms with van der Waals surface area (Å²) in [5.41, 5.74) is 2.10. The normalized spacial score (nSPS) is 11.3. The summed E-state index contributed by atoms with van der Waals surface area (Å²) in [5, 5.41) is 16.5. The molecule has 118 valence electrons. The predicted molar refractivity (Wildman–Crippen MR) is 92.9 cm³/mol. The minimum absolute atomic E-state index is 0.0314. The molecule has 0 unspecified atom stereocenters. The Kier molecular flexibility index (Phi) is 4.08. The van der Waals surface area contributed by atoms with Crippen LogP contribution >= 0.6 is 0 Å². The molecular weight excluding hydrogens is 292 g/mol. The second-order valence-electron chi connectivity index (χ2n) is 5.66. The number of hydrogen-bond donors (Lipinski definition) is 1. The molecule has 0 fully saturated rings. The van der Waals surface area contributed by atoms with E-state index < -0.39 is 0 Å². The van der Waals surface area contributed by atoms with Gasteiger partial charge in [0.2, 0.25) is 0 Å². The van der Waals surface area contributed by atoms with Crippen LogP contribution < -0.4 is 5.32 Å². The molecule has 1 N–H and O–H groups in total. The van der Waals surface area contributed by atoms with Gasteiger partial charge in [-0.3, -0.25) is 10.1 Å². The van der Waals surface area contributed by atoms with E-state index in [1.165, 1.54) is 6.07 Å². The average Bonchev–Trinajstić information content (AvgIpc) is 2.53. The molecule has 0 aliphatic rings. The van der Waals surface area contributed by atoms with Crippen molar-refractivity contribution in [2.24, 2.45) is 0 Å². The number of likely N-dealkylation sites (N-methyl/N-ethyl adjacent to an activating group) is 1. The lowest BCUT2D eigenvalue weighted by atomic mass is 10.1. The molecule has 0 bridgehead atoms. The van der Waals surface area contributed by atoms with Crippen LogP contribution in [0, 0.1) is 10.1 Å². The van der Waals surface area contributed by atoms with E-state index in [0.29, 0.717) is 5.52 Å². The zero-order chi connectivity index (χ0) is 16.4. The summed E-state index contributed by atoms with van der Waals surface area (Å²) in [4.78, 5) is 17.5. The Bertz CT molecular complexity index is 877. The molecule has 0 saturated carbocycles. The summed E-state index contributed by atoms with van der Waals surface area (Å²) in [6.45, 7) is 1.62. The number of nitro benzene ring substituents is 1. The first kappa shape index (κ1) is 15.2. The summed E-state index contributed by atoms with van der Waals surface area (Å²) in [7, 11) is 4.02.